The summed E-state index contributed by atoms with van der Waals surface area (Å²) in [5.74, 6) is -1.24. The van der Waals surface area contributed by atoms with Crippen LogP contribution in [0.4, 0.5) is 0 Å². The van der Waals surface area contributed by atoms with E-state index in [4.69, 9.17) is 11.6 Å². The van der Waals surface area contributed by atoms with Gasteiger partial charge in [0.05, 0.1) is 19.8 Å². The first-order valence-corrected chi connectivity index (χ1v) is 6.35. The zero-order chi connectivity index (χ0) is 15.1. The number of rotatable bonds is 6. The Kier molecular flexibility index (Phi) is 6.18. The number of methoxy groups -OCH3 is 2. The number of carbonyl (C=O) groups excluding carboxylic acids is 3. The Morgan fingerprint density at radius 2 is 1.75 bits per heavy atom. The van der Waals surface area contributed by atoms with E-state index in [1.54, 1.807) is 0 Å². The van der Waals surface area contributed by atoms with Crippen molar-refractivity contribution in [3.63, 3.8) is 0 Å². The Bertz CT molecular complexity index is 524. The Balaban J connectivity index is 2.82. The Morgan fingerprint density at radius 1 is 1.05 bits per heavy atom. The number of esters is 2. The molecule has 0 aromatic heterocycles. The zero-order valence-corrected chi connectivity index (χ0v) is 12.0. The molecule has 0 saturated carbocycles. The summed E-state index contributed by atoms with van der Waals surface area (Å²) < 4.78 is 9.11. The van der Waals surface area contributed by atoms with Crippen molar-refractivity contribution in [2.24, 2.45) is 0 Å². The lowest BCUT2D eigenvalue weighted by atomic mass is 10.00. The molecule has 0 bridgehead atoms. The van der Waals surface area contributed by atoms with Crippen LogP contribution in [0.2, 0.25) is 5.02 Å². The fraction of sp³-hybridized carbons (Fsp3) is 0.357. The normalized spacial score (nSPS) is 9.95. The van der Waals surface area contributed by atoms with E-state index in [-0.39, 0.29) is 35.7 Å². The van der Waals surface area contributed by atoms with Crippen molar-refractivity contribution < 1.29 is 23.9 Å². The molecule has 0 aliphatic rings. The van der Waals surface area contributed by atoms with E-state index in [0.29, 0.717) is 11.4 Å². The number of carbonyl (C=O) groups is 3. The van der Waals surface area contributed by atoms with Crippen molar-refractivity contribution >= 4 is 29.3 Å². The third-order valence-corrected chi connectivity index (χ3v) is 2.93. The molecule has 1 aromatic rings. The molecule has 1 aromatic carbocycles. The van der Waals surface area contributed by atoms with Crippen molar-refractivity contribution in [3.05, 3.63) is 34.3 Å². The van der Waals surface area contributed by atoms with Crippen LogP contribution < -0.4 is 0 Å². The molecule has 0 spiro atoms. The molecule has 0 aliphatic heterocycles. The number of Topliss-reactive ketones (excluding diaryl/α,β-unsaturated/α-hetero) is 1. The maximum atomic E-state index is 12.1. The first-order chi connectivity index (χ1) is 9.49. The van der Waals surface area contributed by atoms with Crippen LogP contribution in [0.25, 0.3) is 0 Å². The van der Waals surface area contributed by atoms with E-state index in [1.165, 1.54) is 32.4 Å². The van der Waals surface area contributed by atoms with Gasteiger partial charge < -0.3 is 9.47 Å². The van der Waals surface area contributed by atoms with Gasteiger partial charge in [-0.05, 0) is 24.6 Å². The van der Waals surface area contributed by atoms with E-state index in [0.717, 1.165) is 0 Å². The molecule has 0 saturated heterocycles. The van der Waals surface area contributed by atoms with Crippen LogP contribution in [-0.4, -0.2) is 31.9 Å². The minimum absolute atomic E-state index is 0.128. The van der Waals surface area contributed by atoms with Gasteiger partial charge in [-0.2, -0.15) is 0 Å². The zero-order valence-electron chi connectivity index (χ0n) is 11.3. The first-order valence-electron chi connectivity index (χ1n) is 5.97. The largest absolute Gasteiger partial charge is 0.469 e. The number of hydrogen-bond donors (Lipinski definition) is 0. The van der Waals surface area contributed by atoms with E-state index in [2.05, 4.69) is 9.47 Å². The van der Waals surface area contributed by atoms with Crippen molar-refractivity contribution in [2.75, 3.05) is 14.2 Å². The summed E-state index contributed by atoms with van der Waals surface area (Å²) >= 11 is 5.81. The number of ketones is 1. The predicted octanol–water partition coefficient (Wildman–Crippen LogP) is 2.65. The van der Waals surface area contributed by atoms with Gasteiger partial charge in [0.15, 0.2) is 5.78 Å². The molecular weight excluding hydrogens is 284 g/mol. The van der Waals surface area contributed by atoms with Crippen LogP contribution in [0.5, 0.6) is 0 Å². The average Bonchev–Trinajstić information content (AvgIpc) is 2.45. The van der Waals surface area contributed by atoms with Crippen molar-refractivity contribution in [1.82, 2.24) is 0 Å². The van der Waals surface area contributed by atoms with Crippen LogP contribution in [0.3, 0.4) is 0 Å². The smallest absolute Gasteiger partial charge is 0.338 e. The van der Waals surface area contributed by atoms with Gasteiger partial charge in [0, 0.05) is 23.4 Å². The third kappa shape index (κ3) is 4.35. The maximum Gasteiger partial charge on any atom is 0.338 e. The number of benzene rings is 1. The number of halogens is 1. The van der Waals surface area contributed by atoms with Gasteiger partial charge in [-0.25, -0.2) is 4.79 Å². The highest BCUT2D eigenvalue weighted by molar-refractivity contribution is 6.31. The van der Waals surface area contributed by atoms with Crippen LogP contribution >= 0.6 is 11.6 Å². The molecule has 0 heterocycles. The number of hydrogen-bond acceptors (Lipinski definition) is 5. The maximum absolute atomic E-state index is 12.1. The van der Waals surface area contributed by atoms with Crippen molar-refractivity contribution in [3.8, 4) is 0 Å². The summed E-state index contributed by atoms with van der Waals surface area (Å²) in [7, 11) is 2.52. The SMILES string of the molecule is COC(=O)CCCC(=O)c1ccc(Cl)cc1C(=O)OC. The standard InChI is InChI=1S/C14H15ClO5/c1-19-13(17)5-3-4-12(16)10-7-6-9(15)8-11(10)14(18)20-2/h6-8H,3-5H2,1-2H3. The van der Waals surface area contributed by atoms with Gasteiger partial charge in [0.1, 0.15) is 0 Å². The summed E-state index contributed by atoms with van der Waals surface area (Å²) in [6.45, 7) is 0. The lowest BCUT2D eigenvalue weighted by Crippen LogP contribution is -2.11. The van der Waals surface area contributed by atoms with Gasteiger partial charge >= 0.3 is 11.9 Å². The molecule has 0 fully saturated rings. The summed E-state index contributed by atoms with van der Waals surface area (Å²) in [6, 6.07) is 4.40. The second-order valence-corrected chi connectivity index (χ2v) is 4.47. The van der Waals surface area contributed by atoms with Crippen LogP contribution in [-0.2, 0) is 14.3 Å². The minimum atomic E-state index is -0.621. The molecule has 0 aliphatic carbocycles. The van der Waals surface area contributed by atoms with Gasteiger partial charge in [0.25, 0.3) is 0 Å². The van der Waals surface area contributed by atoms with Gasteiger partial charge in [-0.3, -0.25) is 9.59 Å². The number of ether oxygens (including phenoxy) is 2. The molecule has 20 heavy (non-hydrogen) atoms. The molecule has 5 nitrogen and oxygen atoms in total. The lowest BCUT2D eigenvalue weighted by Gasteiger charge is -2.07. The Hall–Kier alpha value is -1.88. The molecule has 1 rings (SSSR count). The van der Waals surface area contributed by atoms with Gasteiger partial charge in [-0.1, -0.05) is 11.6 Å². The predicted molar refractivity (Wildman–Crippen MR) is 73.0 cm³/mol. The quantitative estimate of drug-likeness (QED) is 0.596. The first kappa shape index (κ1) is 16.2. The molecule has 0 radical (unpaired) electrons. The summed E-state index contributed by atoms with van der Waals surface area (Å²) in [5, 5.41) is 0.344. The second kappa shape index (κ2) is 7.65. The van der Waals surface area contributed by atoms with Gasteiger partial charge in [0.2, 0.25) is 0 Å². The minimum Gasteiger partial charge on any atom is -0.469 e. The summed E-state index contributed by atoms with van der Waals surface area (Å²) in [6.07, 6.45) is 0.652. The fourth-order valence-corrected chi connectivity index (χ4v) is 1.84. The van der Waals surface area contributed by atoms with Crippen LogP contribution in [0, 0.1) is 0 Å². The Morgan fingerprint density at radius 3 is 2.35 bits per heavy atom. The van der Waals surface area contributed by atoms with Crippen LogP contribution in [0.15, 0.2) is 18.2 Å². The van der Waals surface area contributed by atoms with E-state index < -0.39 is 5.97 Å². The molecular formula is C14H15ClO5. The molecule has 108 valence electrons. The summed E-state index contributed by atoms with van der Waals surface area (Å²) in [4.78, 5) is 34.6. The van der Waals surface area contributed by atoms with Crippen molar-refractivity contribution in [2.45, 2.75) is 19.3 Å². The molecule has 0 atom stereocenters. The second-order valence-electron chi connectivity index (χ2n) is 4.03. The highest BCUT2D eigenvalue weighted by atomic mass is 35.5. The molecule has 0 unspecified atom stereocenters. The third-order valence-electron chi connectivity index (χ3n) is 2.70. The lowest BCUT2D eigenvalue weighted by molar-refractivity contribution is -0.140. The molecule has 0 N–H and O–H groups in total. The fourth-order valence-electron chi connectivity index (χ4n) is 1.67. The summed E-state index contributed by atoms with van der Waals surface area (Å²) in [5.41, 5.74) is 0.370. The van der Waals surface area contributed by atoms with Crippen molar-refractivity contribution in [1.29, 1.82) is 0 Å². The molecule has 6 heteroatoms. The highest BCUT2D eigenvalue weighted by Gasteiger charge is 2.18. The monoisotopic (exact) mass is 298 g/mol. The highest BCUT2D eigenvalue weighted by Crippen LogP contribution is 2.19. The van der Waals surface area contributed by atoms with Crippen LogP contribution in [0.1, 0.15) is 40.0 Å². The van der Waals surface area contributed by atoms with E-state index in [9.17, 15) is 14.4 Å². The van der Waals surface area contributed by atoms with E-state index in [1.807, 2.05) is 0 Å². The van der Waals surface area contributed by atoms with E-state index >= 15 is 0 Å². The topological polar surface area (TPSA) is 69.7 Å². The Labute approximate surface area is 121 Å². The van der Waals surface area contributed by atoms with Gasteiger partial charge in [-0.15, -0.1) is 0 Å². The molecule has 0 amide bonds. The average molecular weight is 299 g/mol.